The smallest absolute Gasteiger partial charge is 0.315 e. The Morgan fingerprint density at radius 2 is 1.93 bits per heavy atom. The molecule has 1 N–H and O–H groups in total. The summed E-state index contributed by atoms with van der Waals surface area (Å²) >= 11 is 12.2. The standard InChI is InChI=1S/C20H23Cl2N5O2/c1-13-10-18(24-27(13)17-6-5-14(21)11-16(17)22)23-19(28)20(29)26-9-3-8-25-7-2-4-15(25)12-26/h5-6,10-11,15H,2-4,7-9,12H2,1H3,(H,23,24,28). The third-order valence-electron chi connectivity index (χ3n) is 5.55. The van der Waals surface area contributed by atoms with Gasteiger partial charge in [0.05, 0.1) is 10.7 Å². The van der Waals surface area contributed by atoms with E-state index in [0.29, 0.717) is 40.7 Å². The van der Waals surface area contributed by atoms with E-state index in [9.17, 15) is 9.59 Å². The van der Waals surface area contributed by atoms with E-state index >= 15 is 0 Å². The zero-order valence-corrected chi connectivity index (χ0v) is 17.7. The third kappa shape index (κ3) is 4.27. The molecule has 2 aromatic rings. The fourth-order valence-corrected chi connectivity index (χ4v) is 4.63. The van der Waals surface area contributed by atoms with Crippen LogP contribution in [0.25, 0.3) is 5.69 Å². The van der Waals surface area contributed by atoms with Crippen molar-refractivity contribution in [3.05, 3.63) is 40.0 Å². The molecule has 2 fully saturated rings. The highest BCUT2D eigenvalue weighted by atomic mass is 35.5. The second-order valence-electron chi connectivity index (χ2n) is 7.57. The lowest BCUT2D eigenvalue weighted by molar-refractivity contribution is -0.143. The van der Waals surface area contributed by atoms with Gasteiger partial charge in [-0.15, -0.1) is 5.10 Å². The number of anilines is 1. The van der Waals surface area contributed by atoms with Crippen LogP contribution < -0.4 is 5.32 Å². The summed E-state index contributed by atoms with van der Waals surface area (Å²) in [5, 5.41) is 8.00. The van der Waals surface area contributed by atoms with Gasteiger partial charge in [-0.25, -0.2) is 4.68 Å². The van der Waals surface area contributed by atoms with Crippen LogP contribution in [0.5, 0.6) is 0 Å². The molecule has 154 valence electrons. The van der Waals surface area contributed by atoms with Gasteiger partial charge in [-0.05, 0) is 50.9 Å². The number of carbonyl (C=O) groups excluding carboxylic acids is 2. The van der Waals surface area contributed by atoms with E-state index in [4.69, 9.17) is 23.2 Å². The highest BCUT2D eigenvalue weighted by Gasteiger charge is 2.32. The molecule has 9 heteroatoms. The van der Waals surface area contributed by atoms with Crippen LogP contribution in [0.2, 0.25) is 10.0 Å². The summed E-state index contributed by atoms with van der Waals surface area (Å²) < 4.78 is 1.61. The number of hydrogen-bond donors (Lipinski definition) is 1. The predicted octanol–water partition coefficient (Wildman–Crippen LogP) is 3.12. The molecule has 29 heavy (non-hydrogen) atoms. The molecule has 7 nitrogen and oxygen atoms in total. The van der Waals surface area contributed by atoms with Crippen LogP contribution in [0, 0.1) is 6.92 Å². The SMILES string of the molecule is Cc1cc(NC(=O)C(=O)N2CCCN3CCCC3C2)nn1-c1ccc(Cl)cc1Cl. The number of fused-ring (bicyclic) bond motifs is 1. The summed E-state index contributed by atoms with van der Waals surface area (Å²) in [5.74, 6) is -0.858. The Bertz CT molecular complexity index is 945. The van der Waals surface area contributed by atoms with Gasteiger partial charge in [-0.1, -0.05) is 23.2 Å². The summed E-state index contributed by atoms with van der Waals surface area (Å²) in [6.07, 6.45) is 3.12. The summed E-state index contributed by atoms with van der Waals surface area (Å²) in [5.41, 5.74) is 1.42. The molecular formula is C20H23Cl2N5O2. The molecule has 0 aliphatic carbocycles. The maximum absolute atomic E-state index is 12.7. The van der Waals surface area contributed by atoms with Crippen LogP contribution in [-0.2, 0) is 9.59 Å². The van der Waals surface area contributed by atoms with Crippen molar-refractivity contribution in [3.8, 4) is 5.69 Å². The normalized spacial score (nSPS) is 19.7. The maximum atomic E-state index is 12.7. The predicted molar refractivity (Wildman–Crippen MR) is 113 cm³/mol. The lowest BCUT2D eigenvalue weighted by Gasteiger charge is -2.25. The molecular weight excluding hydrogens is 413 g/mol. The van der Waals surface area contributed by atoms with Crippen LogP contribution in [0.1, 0.15) is 25.0 Å². The number of nitrogens with zero attached hydrogens (tertiary/aromatic N) is 4. The fourth-order valence-electron chi connectivity index (χ4n) is 4.14. The van der Waals surface area contributed by atoms with Crippen molar-refractivity contribution in [1.29, 1.82) is 0 Å². The molecule has 1 atom stereocenters. The van der Waals surface area contributed by atoms with Crippen LogP contribution in [0.4, 0.5) is 5.82 Å². The first-order valence-corrected chi connectivity index (χ1v) is 10.5. The number of nitrogens with one attached hydrogen (secondary N) is 1. The van der Waals surface area contributed by atoms with Gasteiger partial charge >= 0.3 is 11.8 Å². The Kier molecular flexibility index (Phi) is 5.81. The number of amides is 2. The fraction of sp³-hybridized carbons (Fsp3) is 0.450. The van der Waals surface area contributed by atoms with Crippen molar-refractivity contribution in [3.63, 3.8) is 0 Å². The molecule has 3 heterocycles. The highest BCUT2D eigenvalue weighted by Crippen LogP contribution is 2.26. The summed E-state index contributed by atoms with van der Waals surface area (Å²) in [6, 6.07) is 7.18. The second kappa shape index (κ2) is 8.34. The molecule has 1 aromatic heterocycles. The summed E-state index contributed by atoms with van der Waals surface area (Å²) in [7, 11) is 0. The number of aryl methyl sites for hydroxylation is 1. The molecule has 2 saturated heterocycles. The van der Waals surface area contributed by atoms with Crippen molar-refractivity contribution in [2.24, 2.45) is 0 Å². The van der Waals surface area contributed by atoms with Crippen molar-refractivity contribution < 1.29 is 9.59 Å². The number of carbonyl (C=O) groups is 2. The van der Waals surface area contributed by atoms with E-state index in [0.717, 1.165) is 38.0 Å². The van der Waals surface area contributed by atoms with Gasteiger partial charge in [0, 0.05) is 42.5 Å². The minimum atomic E-state index is -0.664. The largest absolute Gasteiger partial charge is 0.333 e. The minimum Gasteiger partial charge on any atom is -0.333 e. The number of aromatic nitrogens is 2. The summed E-state index contributed by atoms with van der Waals surface area (Å²) in [4.78, 5) is 29.4. The molecule has 0 bridgehead atoms. The van der Waals surface area contributed by atoms with Crippen molar-refractivity contribution in [1.82, 2.24) is 19.6 Å². The molecule has 0 saturated carbocycles. The number of benzene rings is 1. The van der Waals surface area contributed by atoms with Crippen LogP contribution in [-0.4, -0.2) is 63.6 Å². The van der Waals surface area contributed by atoms with E-state index in [1.165, 1.54) is 0 Å². The van der Waals surface area contributed by atoms with Gasteiger partial charge in [0.15, 0.2) is 5.82 Å². The van der Waals surface area contributed by atoms with Crippen molar-refractivity contribution in [2.45, 2.75) is 32.2 Å². The van der Waals surface area contributed by atoms with Gasteiger partial charge in [-0.3, -0.25) is 14.5 Å². The Hall–Kier alpha value is -2.09. The molecule has 0 spiro atoms. The molecule has 2 amide bonds. The first-order chi connectivity index (χ1) is 13.9. The first kappa shape index (κ1) is 20.2. The maximum Gasteiger partial charge on any atom is 0.315 e. The zero-order valence-electron chi connectivity index (χ0n) is 16.2. The summed E-state index contributed by atoms with van der Waals surface area (Å²) in [6.45, 7) is 5.14. The Balaban J connectivity index is 1.46. The van der Waals surface area contributed by atoms with Crippen LogP contribution in [0.15, 0.2) is 24.3 Å². The van der Waals surface area contributed by atoms with E-state index < -0.39 is 11.8 Å². The third-order valence-corrected chi connectivity index (χ3v) is 6.09. The molecule has 4 rings (SSSR count). The lowest BCUT2D eigenvalue weighted by Crippen LogP contribution is -2.44. The Morgan fingerprint density at radius 3 is 2.72 bits per heavy atom. The molecule has 2 aliphatic rings. The first-order valence-electron chi connectivity index (χ1n) is 9.79. The monoisotopic (exact) mass is 435 g/mol. The quantitative estimate of drug-likeness (QED) is 0.735. The van der Waals surface area contributed by atoms with Gasteiger partial charge in [0.1, 0.15) is 0 Å². The average molecular weight is 436 g/mol. The Labute approximate surface area is 179 Å². The van der Waals surface area contributed by atoms with Gasteiger partial charge in [0.2, 0.25) is 0 Å². The lowest BCUT2D eigenvalue weighted by atomic mass is 10.2. The zero-order chi connectivity index (χ0) is 20.5. The molecule has 1 aromatic carbocycles. The van der Waals surface area contributed by atoms with E-state index in [-0.39, 0.29) is 0 Å². The van der Waals surface area contributed by atoms with Crippen molar-refractivity contribution in [2.75, 3.05) is 31.5 Å². The second-order valence-corrected chi connectivity index (χ2v) is 8.41. The topological polar surface area (TPSA) is 70.5 Å². The van der Waals surface area contributed by atoms with E-state index in [1.54, 1.807) is 33.8 Å². The molecule has 2 aliphatic heterocycles. The number of rotatable bonds is 2. The van der Waals surface area contributed by atoms with E-state index in [1.807, 2.05) is 6.92 Å². The van der Waals surface area contributed by atoms with Crippen LogP contribution in [0.3, 0.4) is 0 Å². The molecule has 1 unspecified atom stereocenters. The molecule has 0 radical (unpaired) electrons. The van der Waals surface area contributed by atoms with Crippen LogP contribution >= 0.6 is 23.2 Å². The number of hydrogen-bond acceptors (Lipinski definition) is 4. The van der Waals surface area contributed by atoms with Crippen molar-refractivity contribution >= 4 is 40.8 Å². The van der Waals surface area contributed by atoms with Gasteiger partial charge < -0.3 is 10.2 Å². The highest BCUT2D eigenvalue weighted by molar-refractivity contribution is 6.39. The van der Waals surface area contributed by atoms with E-state index in [2.05, 4.69) is 15.3 Å². The Morgan fingerprint density at radius 1 is 1.14 bits per heavy atom. The minimum absolute atomic E-state index is 0.309. The van der Waals surface area contributed by atoms with Gasteiger partial charge in [-0.2, -0.15) is 0 Å². The van der Waals surface area contributed by atoms with Gasteiger partial charge in [0.25, 0.3) is 0 Å². The number of halogens is 2. The average Bonchev–Trinajstić information content (AvgIpc) is 3.21.